The van der Waals surface area contributed by atoms with Crippen molar-refractivity contribution in [3.05, 3.63) is 39.9 Å². The Morgan fingerprint density at radius 3 is 2.43 bits per heavy atom. The van der Waals surface area contributed by atoms with E-state index in [4.69, 9.17) is 23.2 Å². The molecule has 1 nitrogen and oxygen atoms in total. The fourth-order valence-corrected chi connectivity index (χ4v) is 1.75. The van der Waals surface area contributed by atoms with Crippen LogP contribution in [-0.4, -0.2) is 5.78 Å². The van der Waals surface area contributed by atoms with Crippen LogP contribution >= 0.6 is 23.2 Å². The maximum Gasteiger partial charge on any atom is 0.152 e. The van der Waals surface area contributed by atoms with Crippen LogP contribution < -0.4 is 0 Å². The van der Waals surface area contributed by atoms with E-state index < -0.39 is 0 Å². The quantitative estimate of drug-likeness (QED) is 0.701. The van der Waals surface area contributed by atoms with E-state index >= 15 is 0 Å². The smallest absolute Gasteiger partial charge is 0.152 e. The van der Waals surface area contributed by atoms with E-state index in [0.717, 1.165) is 11.1 Å². The second-order valence-electron chi connectivity index (χ2n) is 3.06. The van der Waals surface area contributed by atoms with E-state index in [1.54, 1.807) is 24.3 Å². The first-order valence-electron chi connectivity index (χ1n) is 4.15. The molecule has 0 atom stereocenters. The van der Waals surface area contributed by atoms with Crippen molar-refractivity contribution in [2.24, 2.45) is 0 Å². The fraction of sp³-hybridized carbons (Fsp3) is 0.182. The summed E-state index contributed by atoms with van der Waals surface area (Å²) in [4.78, 5) is 10.9. The van der Waals surface area contributed by atoms with Crippen molar-refractivity contribution in [2.45, 2.75) is 13.8 Å². The number of halogens is 2. The molecule has 0 saturated carbocycles. The molecule has 1 rings (SSSR count). The Morgan fingerprint density at radius 2 is 1.93 bits per heavy atom. The number of hydrogen-bond donors (Lipinski definition) is 0. The Morgan fingerprint density at radius 1 is 1.29 bits per heavy atom. The van der Waals surface area contributed by atoms with Crippen molar-refractivity contribution in [1.82, 2.24) is 0 Å². The molecule has 0 fully saturated rings. The highest BCUT2D eigenvalue weighted by Gasteiger charge is 2.03. The lowest BCUT2D eigenvalue weighted by atomic mass is 10.1. The normalized spacial score (nSPS) is 11.6. The van der Waals surface area contributed by atoms with Crippen LogP contribution in [0.5, 0.6) is 0 Å². The van der Waals surface area contributed by atoms with Gasteiger partial charge in [-0.05, 0) is 43.2 Å². The highest BCUT2D eigenvalue weighted by atomic mass is 35.5. The van der Waals surface area contributed by atoms with Crippen LogP contribution in [0.1, 0.15) is 19.4 Å². The third kappa shape index (κ3) is 2.86. The Kier molecular flexibility index (Phi) is 3.73. The summed E-state index contributed by atoms with van der Waals surface area (Å²) in [5.74, 6) is 0.00789. The SMILES string of the molecule is CC(=O)/C=C(/C)c1ccc(Cl)cc1Cl. The zero-order valence-corrected chi connectivity index (χ0v) is 9.49. The van der Waals surface area contributed by atoms with Gasteiger partial charge in [-0.2, -0.15) is 0 Å². The Balaban J connectivity index is 3.14. The topological polar surface area (TPSA) is 17.1 Å². The number of hydrogen-bond acceptors (Lipinski definition) is 1. The minimum atomic E-state index is 0.00789. The van der Waals surface area contributed by atoms with Crippen LogP contribution in [0.15, 0.2) is 24.3 Å². The van der Waals surface area contributed by atoms with Gasteiger partial charge in [-0.3, -0.25) is 4.79 Å². The molecule has 0 aliphatic carbocycles. The minimum absolute atomic E-state index is 0.00789. The molecule has 14 heavy (non-hydrogen) atoms. The zero-order valence-electron chi connectivity index (χ0n) is 7.97. The van der Waals surface area contributed by atoms with Crippen LogP contribution in [0.25, 0.3) is 5.57 Å². The molecule has 0 aliphatic rings. The third-order valence-electron chi connectivity index (χ3n) is 1.78. The molecule has 0 amide bonds. The average Bonchev–Trinajstić information content (AvgIpc) is 2.01. The Hall–Kier alpha value is -0.790. The van der Waals surface area contributed by atoms with Crippen molar-refractivity contribution < 1.29 is 4.79 Å². The predicted octanol–water partition coefficient (Wildman–Crippen LogP) is 3.99. The van der Waals surface area contributed by atoms with E-state index in [1.165, 1.54) is 6.92 Å². The maximum absolute atomic E-state index is 10.9. The minimum Gasteiger partial charge on any atom is -0.295 e. The number of carbonyl (C=O) groups excluding carboxylic acids is 1. The first-order valence-corrected chi connectivity index (χ1v) is 4.90. The number of allylic oxidation sites excluding steroid dienone is 2. The first kappa shape index (κ1) is 11.3. The molecule has 0 bridgehead atoms. The third-order valence-corrected chi connectivity index (χ3v) is 2.32. The summed E-state index contributed by atoms with van der Waals surface area (Å²) >= 11 is 11.7. The van der Waals surface area contributed by atoms with E-state index in [9.17, 15) is 4.79 Å². The van der Waals surface area contributed by atoms with E-state index in [1.807, 2.05) is 6.92 Å². The van der Waals surface area contributed by atoms with Gasteiger partial charge in [0.2, 0.25) is 0 Å². The van der Waals surface area contributed by atoms with Crippen LogP contribution in [0, 0.1) is 0 Å². The molecule has 0 saturated heterocycles. The van der Waals surface area contributed by atoms with Gasteiger partial charge in [-0.1, -0.05) is 29.3 Å². The zero-order chi connectivity index (χ0) is 10.7. The van der Waals surface area contributed by atoms with Gasteiger partial charge in [0.25, 0.3) is 0 Å². The maximum atomic E-state index is 10.9. The summed E-state index contributed by atoms with van der Waals surface area (Å²) in [6.07, 6.45) is 1.55. The van der Waals surface area contributed by atoms with Crippen molar-refractivity contribution in [1.29, 1.82) is 0 Å². The molecular formula is C11H10Cl2O. The molecule has 0 N–H and O–H groups in total. The van der Waals surface area contributed by atoms with Crippen molar-refractivity contribution >= 4 is 34.6 Å². The molecule has 0 aliphatic heterocycles. The lowest BCUT2D eigenvalue weighted by Crippen LogP contribution is -1.87. The van der Waals surface area contributed by atoms with Gasteiger partial charge in [0.15, 0.2) is 5.78 Å². The predicted molar refractivity (Wildman–Crippen MR) is 60.8 cm³/mol. The van der Waals surface area contributed by atoms with Gasteiger partial charge in [0.05, 0.1) is 0 Å². The summed E-state index contributed by atoms with van der Waals surface area (Å²) < 4.78 is 0. The van der Waals surface area contributed by atoms with Crippen LogP contribution in [0.3, 0.4) is 0 Å². The molecular weight excluding hydrogens is 219 g/mol. The second-order valence-corrected chi connectivity index (χ2v) is 3.91. The first-order chi connectivity index (χ1) is 6.50. The van der Waals surface area contributed by atoms with Gasteiger partial charge in [0, 0.05) is 10.0 Å². The van der Waals surface area contributed by atoms with Crippen LogP contribution in [-0.2, 0) is 4.79 Å². The molecule has 0 radical (unpaired) electrons. The van der Waals surface area contributed by atoms with E-state index in [2.05, 4.69) is 0 Å². The number of carbonyl (C=O) groups is 1. The van der Waals surface area contributed by atoms with Crippen molar-refractivity contribution in [3.8, 4) is 0 Å². The fourth-order valence-electron chi connectivity index (χ4n) is 1.19. The highest BCUT2D eigenvalue weighted by Crippen LogP contribution is 2.26. The standard InChI is InChI=1S/C11H10Cl2O/c1-7(5-8(2)14)10-4-3-9(12)6-11(10)13/h3-6H,1-2H3/b7-5-. The summed E-state index contributed by atoms with van der Waals surface area (Å²) in [5, 5.41) is 1.15. The molecule has 0 unspecified atom stereocenters. The van der Waals surface area contributed by atoms with Gasteiger partial charge >= 0.3 is 0 Å². The summed E-state index contributed by atoms with van der Waals surface area (Å²) in [5.41, 5.74) is 1.69. The lowest BCUT2D eigenvalue weighted by molar-refractivity contribution is -0.112. The second kappa shape index (κ2) is 4.63. The summed E-state index contributed by atoms with van der Waals surface area (Å²) in [6, 6.07) is 5.22. The average molecular weight is 229 g/mol. The van der Waals surface area contributed by atoms with E-state index in [-0.39, 0.29) is 5.78 Å². The lowest BCUT2D eigenvalue weighted by Gasteiger charge is -2.04. The highest BCUT2D eigenvalue weighted by molar-refractivity contribution is 6.35. The van der Waals surface area contributed by atoms with Gasteiger partial charge in [0.1, 0.15) is 0 Å². The molecule has 74 valence electrons. The molecule has 1 aromatic carbocycles. The number of benzene rings is 1. The number of rotatable bonds is 2. The largest absolute Gasteiger partial charge is 0.295 e. The Labute approximate surface area is 93.3 Å². The molecule has 0 aromatic heterocycles. The monoisotopic (exact) mass is 228 g/mol. The van der Waals surface area contributed by atoms with Crippen LogP contribution in [0.4, 0.5) is 0 Å². The van der Waals surface area contributed by atoms with Gasteiger partial charge < -0.3 is 0 Å². The Bertz CT molecular complexity index is 394. The van der Waals surface area contributed by atoms with Gasteiger partial charge in [-0.25, -0.2) is 0 Å². The summed E-state index contributed by atoms with van der Waals surface area (Å²) in [6.45, 7) is 3.35. The number of ketones is 1. The molecule has 0 spiro atoms. The molecule has 0 heterocycles. The van der Waals surface area contributed by atoms with E-state index in [0.29, 0.717) is 10.0 Å². The van der Waals surface area contributed by atoms with Crippen molar-refractivity contribution in [3.63, 3.8) is 0 Å². The van der Waals surface area contributed by atoms with Crippen LogP contribution in [0.2, 0.25) is 10.0 Å². The van der Waals surface area contributed by atoms with Gasteiger partial charge in [-0.15, -0.1) is 0 Å². The summed E-state index contributed by atoms with van der Waals surface area (Å²) in [7, 11) is 0. The molecule has 1 aromatic rings. The van der Waals surface area contributed by atoms with Crippen molar-refractivity contribution in [2.75, 3.05) is 0 Å². The molecule has 3 heteroatoms.